The SMILES string of the molecule is CCOc1cc(C2NC(=O)c3c(sc4c3CCN(C)C4)N2)ccc1OCc1ccccc1. The zero-order valence-electron chi connectivity index (χ0n) is 18.3. The number of thiophene rings is 1. The Kier molecular flexibility index (Phi) is 5.76. The lowest BCUT2D eigenvalue weighted by atomic mass is 10.0. The van der Waals surface area contributed by atoms with E-state index in [1.165, 1.54) is 10.4 Å². The van der Waals surface area contributed by atoms with Gasteiger partial charge in [0.15, 0.2) is 11.5 Å². The molecule has 6 nitrogen and oxygen atoms in total. The highest BCUT2D eigenvalue weighted by Gasteiger charge is 2.33. The van der Waals surface area contributed by atoms with Crippen molar-refractivity contribution in [3.63, 3.8) is 0 Å². The predicted molar refractivity (Wildman–Crippen MR) is 127 cm³/mol. The lowest BCUT2D eigenvalue weighted by molar-refractivity contribution is 0.0934. The standard InChI is InChI=1S/C25H27N3O3S/c1-3-30-20-13-17(9-10-19(20)31-15-16-7-5-4-6-8-16)23-26-24(29)22-18-11-12-28(2)14-21(18)32-25(22)27-23/h4-10,13,23,27H,3,11-12,14-15H2,1-2H3,(H,26,29). The largest absolute Gasteiger partial charge is 0.490 e. The summed E-state index contributed by atoms with van der Waals surface area (Å²) in [6, 6.07) is 15.9. The number of fused-ring (bicyclic) bond motifs is 3. The molecule has 166 valence electrons. The van der Waals surface area contributed by atoms with Crippen LogP contribution in [-0.4, -0.2) is 31.0 Å². The number of carbonyl (C=O) groups excluding carboxylic acids is 1. The molecule has 0 spiro atoms. The zero-order valence-corrected chi connectivity index (χ0v) is 19.1. The van der Waals surface area contributed by atoms with Crippen LogP contribution in [0.1, 0.15) is 45.0 Å². The van der Waals surface area contributed by atoms with Crippen molar-refractivity contribution in [2.24, 2.45) is 0 Å². The van der Waals surface area contributed by atoms with E-state index in [1.807, 2.05) is 55.5 Å². The van der Waals surface area contributed by atoms with Crippen LogP contribution in [0.3, 0.4) is 0 Å². The zero-order chi connectivity index (χ0) is 22.1. The van der Waals surface area contributed by atoms with Gasteiger partial charge in [0, 0.05) is 18.0 Å². The number of anilines is 1. The fourth-order valence-corrected chi connectivity index (χ4v) is 5.59. The Labute approximate surface area is 192 Å². The minimum atomic E-state index is -0.310. The third-order valence-corrected chi connectivity index (χ3v) is 7.01. The summed E-state index contributed by atoms with van der Waals surface area (Å²) in [5.41, 5.74) is 4.05. The summed E-state index contributed by atoms with van der Waals surface area (Å²) in [6.45, 7) is 4.83. The number of carbonyl (C=O) groups is 1. The topological polar surface area (TPSA) is 62.8 Å². The molecule has 0 fully saturated rings. The van der Waals surface area contributed by atoms with Crippen molar-refractivity contribution in [1.82, 2.24) is 10.2 Å². The lowest BCUT2D eigenvalue weighted by Gasteiger charge is -2.28. The van der Waals surface area contributed by atoms with Crippen molar-refractivity contribution in [3.05, 3.63) is 75.7 Å². The van der Waals surface area contributed by atoms with Crippen molar-refractivity contribution < 1.29 is 14.3 Å². The summed E-state index contributed by atoms with van der Waals surface area (Å²) in [5.74, 6) is 1.36. The summed E-state index contributed by atoms with van der Waals surface area (Å²) in [7, 11) is 2.12. The van der Waals surface area contributed by atoms with Gasteiger partial charge < -0.3 is 25.0 Å². The van der Waals surface area contributed by atoms with Gasteiger partial charge in [-0.3, -0.25) is 4.79 Å². The molecular weight excluding hydrogens is 422 g/mol. The molecule has 1 unspecified atom stereocenters. The average Bonchev–Trinajstić information content (AvgIpc) is 3.17. The van der Waals surface area contributed by atoms with Gasteiger partial charge >= 0.3 is 0 Å². The van der Waals surface area contributed by atoms with Gasteiger partial charge in [-0.15, -0.1) is 11.3 Å². The maximum atomic E-state index is 13.0. The molecule has 0 aliphatic carbocycles. The Hall–Kier alpha value is -3.03. The minimum Gasteiger partial charge on any atom is -0.490 e. The normalized spacial score (nSPS) is 17.7. The molecule has 0 saturated carbocycles. The summed E-state index contributed by atoms with van der Waals surface area (Å²) in [6.07, 6.45) is 0.606. The molecular formula is C25H27N3O3S. The summed E-state index contributed by atoms with van der Waals surface area (Å²) >= 11 is 1.70. The van der Waals surface area contributed by atoms with Crippen LogP contribution in [0.25, 0.3) is 0 Å². The van der Waals surface area contributed by atoms with E-state index < -0.39 is 0 Å². The van der Waals surface area contributed by atoms with E-state index in [2.05, 4.69) is 22.6 Å². The van der Waals surface area contributed by atoms with Gasteiger partial charge in [-0.05, 0) is 49.2 Å². The Balaban J connectivity index is 1.38. The Morgan fingerprint density at radius 2 is 1.94 bits per heavy atom. The molecule has 0 bridgehead atoms. The van der Waals surface area contributed by atoms with Crippen molar-refractivity contribution in [3.8, 4) is 11.5 Å². The Bertz CT molecular complexity index is 1130. The highest BCUT2D eigenvalue weighted by Crippen LogP contribution is 2.41. The first kappa shape index (κ1) is 20.8. The van der Waals surface area contributed by atoms with E-state index in [9.17, 15) is 4.79 Å². The molecule has 5 rings (SSSR count). The monoisotopic (exact) mass is 449 g/mol. The van der Waals surface area contributed by atoms with Crippen LogP contribution in [-0.2, 0) is 19.6 Å². The van der Waals surface area contributed by atoms with Gasteiger partial charge in [-0.2, -0.15) is 0 Å². The number of rotatable bonds is 6. The second-order valence-electron chi connectivity index (χ2n) is 8.16. The number of nitrogens with zero attached hydrogens (tertiary/aromatic N) is 1. The molecule has 1 aromatic heterocycles. The molecule has 3 heterocycles. The summed E-state index contributed by atoms with van der Waals surface area (Å²) in [5, 5.41) is 7.62. The van der Waals surface area contributed by atoms with Crippen LogP contribution in [0.2, 0.25) is 0 Å². The van der Waals surface area contributed by atoms with E-state index in [-0.39, 0.29) is 12.1 Å². The highest BCUT2D eigenvalue weighted by molar-refractivity contribution is 7.16. The molecule has 2 N–H and O–H groups in total. The van der Waals surface area contributed by atoms with Crippen LogP contribution >= 0.6 is 11.3 Å². The van der Waals surface area contributed by atoms with Crippen molar-refractivity contribution in [2.45, 2.75) is 32.7 Å². The average molecular weight is 450 g/mol. The molecule has 0 saturated heterocycles. The van der Waals surface area contributed by atoms with Crippen LogP contribution in [0, 0.1) is 0 Å². The smallest absolute Gasteiger partial charge is 0.256 e. The van der Waals surface area contributed by atoms with Gasteiger partial charge in [0.2, 0.25) is 0 Å². The van der Waals surface area contributed by atoms with Gasteiger partial charge in [-0.1, -0.05) is 36.4 Å². The van der Waals surface area contributed by atoms with E-state index in [4.69, 9.17) is 9.47 Å². The Morgan fingerprint density at radius 3 is 2.75 bits per heavy atom. The molecule has 1 amide bonds. The summed E-state index contributed by atoms with van der Waals surface area (Å²) < 4.78 is 11.9. The van der Waals surface area contributed by atoms with Gasteiger partial charge in [-0.25, -0.2) is 0 Å². The fourth-order valence-electron chi connectivity index (χ4n) is 4.24. The maximum Gasteiger partial charge on any atom is 0.256 e. The molecule has 0 radical (unpaired) electrons. The van der Waals surface area contributed by atoms with Gasteiger partial charge in [0.05, 0.1) is 12.2 Å². The number of ether oxygens (including phenoxy) is 2. The second kappa shape index (κ2) is 8.84. The molecule has 32 heavy (non-hydrogen) atoms. The lowest BCUT2D eigenvalue weighted by Crippen LogP contribution is -2.38. The van der Waals surface area contributed by atoms with Crippen molar-refractivity contribution in [2.75, 3.05) is 25.5 Å². The van der Waals surface area contributed by atoms with Crippen molar-refractivity contribution >= 4 is 22.2 Å². The first-order valence-corrected chi connectivity index (χ1v) is 11.8. The number of amides is 1. The third kappa shape index (κ3) is 4.06. The highest BCUT2D eigenvalue weighted by atomic mass is 32.1. The van der Waals surface area contributed by atoms with E-state index in [0.717, 1.165) is 41.2 Å². The molecule has 3 aromatic rings. The quantitative estimate of drug-likeness (QED) is 0.577. The van der Waals surface area contributed by atoms with E-state index >= 15 is 0 Å². The Morgan fingerprint density at radius 1 is 1.09 bits per heavy atom. The van der Waals surface area contributed by atoms with Crippen molar-refractivity contribution in [1.29, 1.82) is 0 Å². The van der Waals surface area contributed by atoms with E-state index in [0.29, 0.717) is 24.7 Å². The summed E-state index contributed by atoms with van der Waals surface area (Å²) in [4.78, 5) is 16.6. The van der Waals surface area contributed by atoms with Crippen LogP contribution in [0.15, 0.2) is 48.5 Å². The molecule has 1 atom stereocenters. The number of likely N-dealkylation sites (N-methyl/N-ethyl adjacent to an activating group) is 1. The number of benzene rings is 2. The van der Waals surface area contributed by atoms with Crippen LogP contribution in [0.5, 0.6) is 11.5 Å². The number of nitrogens with one attached hydrogen (secondary N) is 2. The van der Waals surface area contributed by atoms with Gasteiger partial charge in [0.25, 0.3) is 5.91 Å². The van der Waals surface area contributed by atoms with Crippen LogP contribution < -0.4 is 20.1 Å². The fraction of sp³-hybridized carbons (Fsp3) is 0.320. The van der Waals surface area contributed by atoms with Crippen LogP contribution in [0.4, 0.5) is 5.00 Å². The second-order valence-corrected chi connectivity index (χ2v) is 9.27. The number of hydrogen-bond acceptors (Lipinski definition) is 6. The molecule has 2 aliphatic heterocycles. The van der Waals surface area contributed by atoms with E-state index in [1.54, 1.807) is 11.3 Å². The maximum absolute atomic E-state index is 13.0. The molecule has 2 aliphatic rings. The predicted octanol–water partition coefficient (Wildman–Crippen LogP) is 4.57. The third-order valence-electron chi connectivity index (χ3n) is 5.86. The first-order valence-electron chi connectivity index (χ1n) is 11.0. The number of hydrogen-bond donors (Lipinski definition) is 2. The first-order chi connectivity index (χ1) is 15.6. The molecule has 7 heteroatoms. The van der Waals surface area contributed by atoms with Gasteiger partial charge in [0.1, 0.15) is 17.8 Å². The molecule has 2 aromatic carbocycles. The minimum absolute atomic E-state index is 0.00633.